The normalized spacial score (nSPS) is 14.1. The average Bonchev–Trinajstić information content (AvgIpc) is 3.22. The van der Waals surface area contributed by atoms with E-state index >= 15 is 0 Å². The molecule has 1 saturated carbocycles. The minimum Gasteiger partial charge on any atom is -0.480 e. The Hall–Kier alpha value is -1.88. The summed E-state index contributed by atoms with van der Waals surface area (Å²) in [6.07, 6.45) is 2.77. The van der Waals surface area contributed by atoms with E-state index in [-0.39, 0.29) is 12.5 Å². The van der Waals surface area contributed by atoms with Gasteiger partial charge in [0.15, 0.2) is 0 Å². The van der Waals surface area contributed by atoms with E-state index in [0.29, 0.717) is 31.0 Å². The van der Waals surface area contributed by atoms with E-state index in [1.54, 1.807) is 12.1 Å². The molecule has 20 heavy (non-hydrogen) atoms. The number of benzene rings is 1. The Bertz CT molecular complexity index is 498. The van der Waals surface area contributed by atoms with Gasteiger partial charge in [0.25, 0.3) is 5.91 Å². The number of carboxylic acid groups (broad SMARTS) is 1. The quantitative estimate of drug-likeness (QED) is 0.782. The molecule has 0 heterocycles. The molecule has 2 rings (SSSR count). The number of nitrogens with two attached hydrogens (primary N) is 1. The molecule has 0 atom stereocenters. The standard InChI is InChI=1S/C15H20N2O3/c16-8-7-12-3-1-2-4-13(12)15(20)17(10-14(18)19)9-11-5-6-11/h1-4,11H,5-10,16H2,(H,18,19). The second kappa shape index (κ2) is 6.52. The summed E-state index contributed by atoms with van der Waals surface area (Å²) < 4.78 is 0. The average molecular weight is 276 g/mol. The minimum absolute atomic E-state index is 0.205. The fourth-order valence-corrected chi connectivity index (χ4v) is 2.27. The fourth-order valence-electron chi connectivity index (χ4n) is 2.27. The molecule has 108 valence electrons. The number of nitrogens with zero attached hydrogens (tertiary/aromatic N) is 1. The fraction of sp³-hybridized carbons (Fsp3) is 0.467. The van der Waals surface area contributed by atoms with Crippen molar-refractivity contribution >= 4 is 11.9 Å². The summed E-state index contributed by atoms with van der Waals surface area (Å²) in [6, 6.07) is 7.28. The van der Waals surface area contributed by atoms with Gasteiger partial charge in [-0.15, -0.1) is 0 Å². The lowest BCUT2D eigenvalue weighted by atomic mass is 10.0. The van der Waals surface area contributed by atoms with Crippen LogP contribution in [0.25, 0.3) is 0 Å². The molecular formula is C15H20N2O3. The lowest BCUT2D eigenvalue weighted by Gasteiger charge is -2.22. The summed E-state index contributed by atoms with van der Waals surface area (Å²) in [5, 5.41) is 8.97. The molecule has 3 N–H and O–H groups in total. The van der Waals surface area contributed by atoms with Gasteiger partial charge in [-0.05, 0) is 43.4 Å². The predicted octanol–water partition coefficient (Wildman–Crippen LogP) is 1.12. The molecule has 0 radical (unpaired) electrons. The molecule has 1 fully saturated rings. The summed E-state index contributed by atoms with van der Waals surface area (Å²) in [6.45, 7) is 0.750. The topological polar surface area (TPSA) is 83.6 Å². The van der Waals surface area contributed by atoms with Gasteiger partial charge in [0.2, 0.25) is 0 Å². The maximum Gasteiger partial charge on any atom is 0.323 e. The molecule has 5 heteroatoms. The summed E-state index contributed by atoms with van der Waals surface area (Å²) in [4.78, 5) is 24.9. The van der Waals surface area contributed by atoms with Crippen LogP contribution in [-0.2, 0) is 11.2 Å². The van der Waals surface area contributed by atoms with E-state index in [4.69, 9.17) is 10.8 Å². The van der Waals surface area contributed by atoms with Crippen molar-refractivity contribution in [2.45, 2.75) is 19.3 Å². The van der Waals surface area contributed by atoms with Crippen molar-refractivity contribution < 1.29 is 14.7 Å². The van der Waals surface area contributed by atoms with E-state index in [1.165, 1.54) is 4.90 Å². The van der Waals surface area contributed by atoms with Crippen LogP contribution in [0.2, 0.25) is 0 Å². The smallest absolute Gasteiger partial charge is 0.323 e. The van der Waals surface area contributed by atoms with Gasteiger partial charge in [0.05, 0.1) is 0 Å². The van der Waals surface area contributed by atoms with Crippen LogP contribution in [0.4, 0.5) is 0 Å². The van der Waals surface area contributed by atoms with Gasteiger partial charge in [0, 0.05) is 12.1 Å². The summed E-state index contributed by atoms with van der Waals surface area (Å²) in [7, 11) is 0. The number of carboxylic acids is 1. The van der Waals surface area contributed by atoms with Gasteiger partial charge in [-0.2, -0.15) is 0 Å². The summed E-state index contributed by atoms with van der Waals surface area (Å²) in [5.41, 5.74) is 7.01. The molecule has 5 nitrogen and oxygen atoms in total. The highest BCUT2D eigenvalue weighted by molar-refractivity contribution is 5.97. The van der Waals surface area contributed by atoms with Crippen molar-refractivity contribution in [2.75, 3.05) is 19.6 Å². The zero-order chi connectivity index (χ0) is 14.5. The van der Waals surface area contributed by atoms with Crippen molar-refractivity contribution in [3.63, 3.8) is 0 Å². The Kier molecular flexibility index (Phi) is 4.74. The highest BCUT2D eigenvalue weighted by Gasteiger charge is 2.29. The first-order chi connectivity index (χ1) is 9.61. The second-order valence-corrected chi connectivity index (χ2v) is 5.22. The largest absolute Gasteiger partial charge is 0.480 e. The number of hydrogen-bond acceptors (Lipinski definition) is 3. The molecule has 0 unspecified atom stereocenters. The number of aliphatic carboxylic acids is 1. The molecule has 0 aliphatic heterocycles. The van der Waals surface area contributed by atoms with Crippen LogP contribution in [0.3, 0.4) is 0 Å². The maximum atomic E-state index is 12.6. The van der Waals surface area contributed by atoms with Gasteiger partial charge < -0.3 is 15.7 Å². The van der Waals surface area contributed by atoms with Gasteiger partial charge in [-0.3, -0.25) is 9.59 Å². The number of hydrogen-bond donors (Lipinski definition) is 2. The monoisotopic (exact) mass is 276 g/mol. The highest BCUT2D eigenvalue weighted by atomic mass is 16.4. The molecule has 0 bridgehead atoms. The molecule has 1 amide bonds. The van der Waals surface area contributed by atoms with Crippen molar-refractivity contribution in [1.82, 2.24) is 4.90 Å². The van der Waals surface area contributed by atoms with Crippen LogP contribution in [-0.4, -0.2) is 41.5 Å². The van der Waals surface area contributed by atoms with E-state index < -0.39 is 5.97 Å². The SMILES string of the molecule is NCCc1ccccc1C(=O)N(CC(=O)O)CC1CC1. The Morgan fingerprint density at radius 2 is 2.00 bits per heavy atom. The van der Waals surface area contributed by atoms with Gasteiger partial charge >= 0.3 is 5.97 Å². The lowest BCUT2D eigenvalue weighted by molar-refractivity contribution is -0.137. The Labute approximate surface area is 118 Å². The zero-order valence-corrected chi connectivity index (χ0v) is 11.4. The van der Waals surface area contributed by atoms with Gasteiger partial charge in [-0.1, -0.05) is 18.2 Å². The third-order valence-corrected chi connectivity index (χ3v) is 3.45. The van der Waals surface area contributed by atoms with Gasteiger partial charge in [-0.25, -0.2) is 0 Å². The molecule has 1 aromatic carbocycles. The van der Waals surface area contributed by atoms with Crippen molar-refractivity contribution in [3.8, 4) is 0 Å². The van der Waals surface area contributed by atoms with E-state index in [2.05, 4.69) is 0 Å². The molecule has 1 aliphatic carbocycles. The van der Waals surface area contributed by atoms with Crippen LogP contribution in [0.1, 0.15) is 28.8 Å². The Morgan fingerprint density at radius 3 is 2.60 bits per heavy atom. The molecule has 0 saturated heterocycles. The highest BCUT2D eigenvalue weighted by Crippen LogP contribution is 2.30. The molecule has 1 aliphatic rings. The number of rotatable bonds is 7. The first kappa shape index (κ1) is 14.5. The second-order valence-electron chi connectivity index (χ2n) is 5.22. The van der Waals surface area contributed by atoms with Crippen molar-refractivity contribution in [2.24, 2.45) is 11.7 Å². The third-order valence-electron chi connectivity index (χ3n) is 3.45. The van der Waals surface area contributed by atoms with E-state index in [0.717, 1.165) is 18.4 Å². The Morgan fingerprint density at radius 1 is 1.30 bits per heavy atom. The van der Waals surface area contributed by atoms with E-state index in [9.17, 15) is 9.59 Å². The Balaban J connectivity index is 2.18. The number of amides is 1. The summed E-state index contributed by atoms with van der Waals surface area (Å²) >= 11 is 0. The molecule has 1 aromatic rings. The van der Waals surface area contributed by atoms with Crippen LogP contribution >= 0.6 is 0 Å². The minimum atomic E-state index is -0.977. The van der Waals surface area contributed by atoms with Crippen LogP contribution in [0, 0.1) is 5.92 Å². The first-order valence-corrected chi connectivity index (χ1v) is 6.91. The zero-order valence-electron chi connectivity index (χ0n) is 11.4. The maximum absolute atomic E-state index is 12.6. The van der Waals surface area contributed by atoms with E-state index in [1.807, 2.05) is 12.1 Å². The summed E-state index contributed by atoms with van der Waals surface area (Å²) in [5.74, 6) is -0.723. The molecule has 0 spiro atoms. The van der Waals surface area contributed by atoms with Crippen LogP contribution in [0.5, 0.6) is 0 Å². The van der Waals surface area contributed by atoms with Crippen LogP contribution in [0.15, 0.2) is 24.3 Å². The number of carbonyl (C=O) groups excluding carboxylic acids is 1. The molecular weight excluding hydrogens is 256 g/mol. The van der Waals surface area contributed by atoms with Crippen molar-refractivity contribution in [1.29, 1.82) is 0 Å². The predicted molar refractivity (Wildman–Crippen MR) is 75.5 cm³/mol. The van der Waals surface area contributed by atoms with Gasteiger partial charge in [0.1, 0.15) is 6.54 Å². The third kappa shape index (κ3) is 3.81. The van der Waals surface area contributed by atoms with Crippen LogP contribution < -0.4 is 5.73 Å². The van der Waals surface area contributed by atoms with Crippen molar-refractivity contribution in [3.05, 3.63) is 35.4 Å². The lowest BCUT2D eigenvalue weighted by Crippen LogP contribution is -2.37. The molecule has 0 aromatic heterocycles. The first-order valence-electron chi connectivity index (χ1n) is 6.91. The number of carbonyl (C=O) groups is 2.